The molecule has 5 nitrogen and oxygen atoms in total. The van der Waals surface area contributed by atoms with Gasteiger partial charge in [-0.2, -0.15) is 0 Å². The Hall–Kier alpha value is -1.14. The summed E-state index contributed by atoms with van der Waals surface area (Å²) < 4.78 is 5.59. The molecule has 0 aliphatic carbocycles. The minimum absolute atomic E-state index is 0.695. The number of aryl methyl sites for hydroxylation is 2. The average Bonchev–Trinajstić information content (AvgIpc) is 2.88. The van der Waals surface area contributed by atoms with Crippen LogP contribution in [0.1, 0.15) is 42.8 Å². The molecule has 6 heteroatoms. The van der Waals surface area contributed by atoms with Gasteiger partial charge in [0, 0.05) is 38.0 Å². The standard InChI is InChI=1S/C17H32N4OS/c1-6-15-14(4)23-16(21-15)7-9-19-17(18-5)20-10-12-22-11-8-13(2)3/h13H,6-12H2,1-5H3,(H2,18,19,20). The van der Waals surface area contributed by atoms with Gasteiger partial charge in [-0.15, -0.1) is 11.3 Å². The molecule has 0 bridgehead atoms. The van der Waals surface area contributed by atoms with Gasteiger partial charge in [-0.25, -0.2) is 4.98 Å². The van der Waals surface area contributed by atoms with E-state index in [2.05, 4.69) is 48.3 Å². The SMILES string of the molecule is CCc1nc(CCNC(=NC)NCCOCCC(C)C)sc1C. The van der Waals surface area contributed by atoms with Crippen LogP contribution >= 0.6 is 11.3 Å². The zero-order chi connectivity index (χ0) is 17.1. The second-order valence-electron chi connectivity index (χ2n) is 5.93. The van der Waals surface area contributed by atoms with Crippen molar-refractivity contribution in [3.63, 3.8) is 0 Å². The average molecular weight is 341 g/mol. The highest BCUT2D eigenvalue weighted by Gasteiger charge is 2.06. The molecule has 1 aromatic rings. The Balaban J connectivity index is 2.16. The van der Waals surface area contributed by atoms with Crippen LogP contribution in [0.2, 0.25) is 0 Å². The molecule has 0 saturated heterocycles. The summed E-state index contributed by atoms with van der Waals surface area (Å²) in [6, 6.07) is 0. The smallest absolute Gasteiger partial charge is 0.191 e. The van der Waals surface area contributed by atoms with Crippen LogP contribution in [0.5, 0.6) is 0 Å². The molecule has 1 rings (SSSR count). The minimum atomic E-state index is 0.695. The summed E-state index contributed by atoms with van der Waals surface area (Å²) >= 11 is 1.80. The Morgan fingerprint density at radius 2 is 2.00 bits per heavy atom. The molecular formula is C17H32N4OS. The van der Waals surface area contributed by atoms with Gasteiger partial charge in [-0.05, 0) is 25.7 Å². The van der Waals surface area contributed by atoms with E-state index in [1.807, 2.05) is 0 Å². The Morgan fingerprint density at radius 3 is 2.61 bits per heavy atom. The Labute approximate surface area is 145 Å². The van der Waals surface area contributed by atoms with Crippen LogP contribution in [0.15, 0.2) is 4.99 Å². The monoisotopic (exact) mass is 340 g/mol. The van der Waals surface area contributed by atoms with Crippen molar-refractivity contribution in [1.82, 2.24) is 15.6 Å². The van der Waals surface area contributed by atoms with E-state index in [9.17, 15) is 0 Å². The Kier molecular flexibility index (Phi) is 9.87. The van der Waals surface area contributed by atoms with Gasteiger partial charge in [0.05, 0.1) is 17.3 Å². The minimum Gasteiger partial charge on any atom is -0.380 e. The predicted molar refractivity (Wildman–Crippen MR) is 99.6 cm³/mol. The molecule has 1 aromatic heterocycles. The number of thiazole rings is 1. The molecule has 0 aliphatic rings. The van der Waals surface area contributed by atoms with Crippen molar-refractivity contribution in [2.24, 2.45) is 10.9 Å². The highest BCUT2D eigenvalue weighted by atomic mass is 32.1. The van der Waals surface area contributed by atoms with E-state index >= 15 is 0 Å². The van der Waals surface area contributed by atoms with E-state index in [1.54, 1.807) is 18.4 Å². The summed E-state index contributed by atoms with van der Waals surface area (Å²) in [6.45, 7) is 11.9. The van der Waals surface area contributed by atoms with E-state index in [0.717, 1.165) is 44.9 Å². The lowest BCUT2D eigenvalue weighted by atomic mass is 10.1. The third-order valence-electron chi connectivity index (χ3n) is 3.51. The Bertz CT molecular complexity index is 471. The second-order valence-corrected chi connectivity index (χ2v) is 7.22. The first-order chi connectivity index (χ1) is 11.1. The van der Waals surface area contributed by atoms with Crippen LogP contribution in [0.4, 0.5) is 0 Å². The largest absolute Gasteiger partial charge is 0.380 e. The number of guanidine groups is 1. The first-order valence-electron chi connectivity index (χ1n) is 8.54. The predicted octanol–water partition coefficient (Wildman–Crippen LogP) is 2.78. The number of ether oxygens (including phenoxy) is 1. The van der Waals surface area contributed by atoms with E-state index in [1.165, 1.54) is 15.6 Å². The molecule has 0 radical (unpaired) electrons. The number of nitrogens with zero attached hydrogens (tertiary/aromatic N) is 2. The molecule has 132 valence electrons. The summed E-state index contributed by atoms with van der Waals surface area (Å²) in [6.07, 6.45) is 3.05. The third-order valence-corrected chi connectivity index (χ3v) is 4.58. The van der Waals surface area contributed by atoms with E-state index in [4.69, 9.17) is 4.74 Å². The maximum absolute atomic E-state index is 5.59. The zero-order valence-corrected chi connectivity index (χ0v) is 16.1. The Morgan fingerprint density at radius 1 is 1.26 bits per heavy atom. The van der Waals surface area contributed by atoms with Crippen LogP contribution in [-0.4, -0.2) is 44.3 Å². The highest BCUT2D eigenvalue weighted by molar-refractivity contribution is 7.11. The molecule has 0 fully saturated rings. The van der Waals surface area contributed by atoms with Crippen LogP contribution in [-0.2, 0) is 17.6 Å². The summed E-state index contributed by atoms with van der Waals surface area (Å²) in [5, 5.41) is 7.79. The van der Waals surface area contributed by atoms with Crippen molar-refractivity contribution in [3.05, 3.63) is 15.6 Å². The van der Waals surface area contributed by atoms with Gasteiger partial charge in [-0.1, -0.05) is 20.8 Å². The van der Waals surface area contributed by atoms with Gasteiger partial charge in [0.15, 0.2) is 5.96 Å². The maximum atomic E-state index is 5.59. The first kappa shape index (κ1) is 19.9. The molecular weight excluding hydrogens is 308 g/mol. The number of hydrogen-bond donors (Lipinski definition) is 2. The highest BCUT2D eigenvalue weighted by Crippen LogP contribution is 2.17. The van der Waals surface area contributed by atoms with Crippen LogP contribution in [0.25, 0.3) is 0 Å². The van der Waals surface area contributed by atoms with Crippen molar-refractivity contribution >= 4 is 17.3 Å². The molecule has 0 spiro atoms. The fraction of sp³-hybridized carbons (Fsp3) is 0.765. The van der Waals surface area contributed by atoms with Gasteiger partial charge < -0.3 is 15.4 Å². The van der Waals surface area contributed by atoms with Crippen molar-refractivity contribution in [2.75, 3.05) is 33.4 Å². The second kappa shape index (κ2) is 11.4. The number of aliphatic imine (C=N–C) groups is 1. The number of aromatic nitrogens is 1. The molecule has 0 saturated carbocycles. The lowest BCUT2D eigenvalue weighted by Gasteiger charge is -2.12. The fourth-order valence-electron chi connectivity index (χ4n) is 2.09. The van der Waals surface area contributed by atoms with Crippen LogP contribution in [0.3, 0.4) is 0 Å². The van der Waals surface area contributed by atoms with Crippen molar-refractivity contribution in [2.45, 2.75) is 47.0 Å². The summed E-state index contributed by atoms with van der Waals surface area (Å²) in [5.74, 6) is 1.52. The molecule has 0 unspecified atom stereocenters. The summed E-state index contributed by atoms with van der Waals surface area (Å²) in [7, 11) is 1.79. The zero-order valence-electron chi connectivity index (χ0n) is 15.2. The topological polar surface area (TPSA) is 58.5 Å². The van der Waals surface area contributed by atoms with Gasteiger partial charge >= 0.3 is 0 Å². The number of rotatable bonds is 10. The molecule has 23 heavy (non-hydrogen) atoms. The first-order valence-corrected chi connectivity index (χ1v) is 9.35. The maximum Gasteiger partial charge on any atom is 0.191 e. The van der Waals surface area contributed by atoms with E-state index < -0.39 is 0 Å². The molecule has 0 aromatic carbocycles. The molecule has 0 aliphatic heterocycles. The lowest BCUT2D eigenvalue weighted by Crippen LogP contribution is -2.39. The van der Waals surface area contributed by atoms with Gasteiger partial charge in [0.1, 0.15) is 0 Å². The number of nitrogens with one attached hydrogen (secondary N) is 2. The quantitative estimate of drug-likeness (QED) is 0.391. The number of hydrogen-bond acceptors (Lipinski definition) is 4. The third kappa shape index (κ3) is 8.32. The normalized spacial score (nSPS) is 12.0. The molecule has 1 heterocycles. The molecule has 0 atom stereocenters. The van der Waals surface area contributed by atoms with Crippen LogP contribution in [0, 0.1) is 12.8 Å². The molecule has 2 N–H and O–H groups in total. The van der Waals surface area contributed by atoms with Crippen molar-refractivity contribution < 1.29 is 4.74 Å². The van der Waals surface area contributed by atoms with Gasteiger partial charge in [-0.3, -0.25) is 4.99 Å². The fourth-order valence-corrected chi connectivity index (χ4v) is 3.11. The van der Waals surface area contributed by atoms with Crippen LogP contribution < -0.4 is 10.6 Å². The van der Waals surface area contributed by atoms with Gasteiger partial charge in [0.2, 0.25) is 0 Å². The van der Waals surface area contributed by atoms with Crippen molar-refractivity contribution in [1.29, 1.82) is 0 Å². The lowest BCUT2D eigenvalue weighted by molar-refractivity contribution is 0.128. The summed E-state index contributed by atoms with van der Waals surface area (Å²) in [4.78, 5) is 10.2. The van der Waals surface area contributed by atoms with Gasteiger partial charge in [0.25, 0.3) is 0 Å². The molecule has 0 amide bonds. The summed E-state index contributed by atoms with van der Waals surface area (Å²) in [5.41, 5.74) is 1.23. The van der Waals surface area contributed by atoms with Crippen molar-refractivity contribution in [3.8, 4) is 0 Å². The van der Waals surface area contributed by atoms with E-state index in [-0.39, 0.29) is 0 Å². The van der Waals surface area contributed by atoms with E-state index in [0.29, 0.717) is 12.5 Å².